The van der Waals surface area contributed by atoms with Crippen molar-refractivity contribution in [3.05, 3.63) is 24.5 Å². The molecule has 0 radical (unpaired) electrons. The van der Waals surface area contributed by atoms with E-state index < -0.39 is 0 Å². The molecule has 1 fully saturated rings. The number of pyridine rings is 1. The molecule has 3 N–H and O–H groups in total. The number of carbonyl (C=O) groups is 1. The van der Waals surface area contributed by atoms with Crippen LogP contribution in [-0.4, -0.2) is 47.9 Å². The number of nitrogens with zero attached hydrogens (tertiary/aromatic N) is 2. The first-order valence-corrected chi connectivity index (χ1v) is 9.38. The topological polar surface area (TPSA) is 77.5 Å². The van der Waals surface area contributed by atoms with Crippen LogP contribution >= 0.6 is 0 Å². The molecule has 2 heterocycles. The molecule has 1 aliphatic heterocycles. The van der Waals surface area contributed by atoms with Crippen molar-refractivity contribution >= 4 is 11.7 Å². The fraction of sp³-hybridized carbons (Fsp3) is 0.684. The van der Waals surface area contributed by atoms with Crippen LogP contribution in [0.3, 0.4) is 0 Å². The molecule has 1 aliphatic rings. The summed E-state index contributed by atoms with van der Waals surface area (Å²) >= 11 is 0. The van der Waals surface area contributed by atoms with E-state index in [1.165, 1.54) is 5.69 Å². The van der Waals surface area contributed by atoms with Gasteiger partial charge in [0.15, 0.2) is 0 Å². The average Bonchev–Trinajstić information content (AvgIpc) is 2.63. The zero-order valence-electron chi connectivity index (χ0n) is 15.5. The summed E-state index contributed by atoms with van der Waals surface area (Å²) in [7, 11) is 0. The van der Waals surface area contributed by atoms with Gasteiger partial charge in [-0.25, -0.2) is 4.79 Å². The number of anilines is 1. The third-order valence-corrected chi connectivity index (χ3v) is 5.34. The Morgan fingerprint density at radius 3 is 2.64 bits per heavy atom. The van der Waals surface area contributed by atoms with Crippen molar-refractivity contribution in [2.45, 2.75) is 51.5 Å². The van der Waals surface area contributed by atoms with Crippen molar-refractivity contribution < 1.29 is 9.90 Å². The van der Waals surface area contributed by atoms with Gasteiger partial charge < -0.3 is 20.6 Å². The van der Waals surface area contributed by atoms with Gasteiger partial charge in [0.2, 0.25) is 0 Å². The minimum absolute atomic E-state index is 0.0840. The highest BCUT2D eigenvalue weighted by molar-refractivity contribution is 5.74. The van der Waals surface area contributed by atoms with Crippen LogP contribution in [0.4, 0.5) is 10.5 Å². The van der Waals surface area contributed by atoms with Gasteiger partial charge >= 0.3 is 6.03 Å². The Hall–Kier alpha value is -1.82. The monoisotopic (exact) mass is 348 g/mol. The summed E-state index contributed by atoms with van der Waals surface area (Å²) in [5.41, 5.74) is 0.906. The fourth-order valence-corrected chi connectivity index (χ4v) is 3.32. The van der Waals surface area contributed by atoms with Gasteiger partial charge in [-0.15, -0.1) is 0 Å². The second-order valence-corrected chi connectivity index (χ2v) is 7.19. The Labute approximate surface area is 151 Å². The number of piperidine rings is 1. The number of urea groups is 1. The first-order chi connectivity index (χ1) is 12.1. The summed E-state index contributed by atoms with van der Waals surface area (Å²) in [4.78, 5) is 18.5. The van der Waals surface area contributed by atoms with E-state index in [1.807, 2.05) is 26.2 Å². The van der Waals surface area contributed by atoms with Crippen molar-refractivity contribution in [1.82, 2.24) is 15.6 Å². The third kappa shape index (κ3) is 6.20. The minimum Gasteiger partial charge on any atom is -0.396 e. The van der Waals surface area contributed by atoms with Gasteiger partial charge in [-0.1, -0.05) is 6.92 Å². The highest BCUT2D eigenvalue weighted by Crippen LogP contribution is 2.24. The number of nitrogens with one attached hydrogen (secondary N) is 2. The van der Waals surface area contributed by atoms with Gasteiger partial charge in [0.25, 0.3) is 0 Å². The minimum atomic E-state index is -0.339. The van der Waals surface area contributed by atoms with E-state index in [0.29, 0.717) is 18.9 Å². The van der Waals surface area contributed by atoms with Gasteiger partial charge in [0, 0.05) is 49.9 Å². The zero-order chi connectivity index (χ0) is 18.1. The van der Waals surface area contributed by atoms with E-state index >= 15 is 0 Å². The highest BCUT2D eigenvalue weighted by Gasteiger charge is 2.24. The molecule has 0 aliphatic carbocycles. The summed E-state index contributed by atoms with van der Waals surface area (Å²) in [6.07, 6.45) is 8.38. The molecule has 1 aromatic heterocycles. The number of hydrogen-bond donors (Lipinski definition) is 3. The quantitative estimate of drug-likeness (QED) is 0.675. The molecule has 25 heavy (non-hydrogen) atoms. The molecule has 1 aromatic rings. The lowest BCUT2D eigenvalue weighted by Gasteiger charge is -2.33. The molecule has 0 bridgehead atoms. The van der Waals surface area contributed by atoms with Gasteiger partial charge in [-0.3, -0.25) is 4.98 Å². The number of carbonyl (C=O) groups excluding carboxylic acids is 1. The van der Waals surface area contributed by atoms with E-state index in [2.05, 4.69) is 32.7 Å². The maximum absolute atomic E-state index is 12.1. The van der Waals surface area contributed by atoms with E-state index in [4.69, 9.17) is 5.11 Å². The fourth-order valence-electron chi connectivity index (χ4n) is 3.32. The number of rotatable bonds is 8. The summed E-state index contributed by atoms with van der Waals surface area (Å²) in [6.45, 7) is 6.89. The van der Waals surface area contributed by atoms with Crippen molar-refractivity contribution in [3.8, 4) is 0 Å². The number of aliphatic hydroxyl groups excluding tert-OH is 1. The number of aromatic nitrogens is 1. The second kappa shape index (κ2) is 9.61. The average molecular weight is 348 g/mol. The Morgan fingerprint density at radius 2 is 2.04 bits per heavy atom. The molecule has 2 rings (SSSR count). The standard InChI is InChI=1S/C19H32N4O2/c1-3-19(2,9-15-24)22-18(25)21-12-4-16-7-13-23(14-8-16)17-5-10-20-11-6-17/h5-6,10-11,16,24H,3-4,7-9,12-15H2,1-2H3,(H2,21,22,25). The lowest BCUT2D eigenvalue weighted by Crippen LogP contribution is -2.50. The first-order valence-electron chi connectivity index (χ1n) is 9.38. The van der Waals surface area contributed by atoms with Crippen LogP contribution < -0.4 is 15.5 Å². The van der Waals surface area contributed by atoms with Crippen LogP contribution in [-0.2, 0) is 0 Å². The van der Waals surface area contributed by atoms with Gasteiger partial charge in [-0.05, 0) is 57.1 Å². The van der Waals surface area contributed by atoms with E-state index in [1.54, 1.807) is 0 Å². The van der Waals surface area contributed by atoms with Gasteiger partial charge in [0.1, 0.15) is 0 Å². The smallest absolute Gasteiger partial charge is 0.315 e. The molecule has 0 spiro atoms. The summed E-state index contributed by atoms with van der Waals surface area (Å²) < 4.78 is 0. The first kappa shape index (κ1) is 19.5. The predicted molar refractivity (Wildman–Crippen MR) is 101 cm³/mol. The van der Waals surface area contributed by atoms with Crippen LogP contribution in [0.5, 0.6) is 0 Å². The number of amides is 2. The molecule has 1 saturated heterocycles. The third-order valence-electron chi connectivity index (χ3n) is 5.34. The molecular weight excluding hydrogens is 316 g/mol. The molecule has 0 saturated carbocycles. The van der Waals surface area contributed by atoms with Crippen LogP contribution in [0.25, 0.3) is 0 Å². The second-order valence-electron chi connectivity index (χ2n) is 7.19. The van der Waals surface area contributed by atoms with Crippen molar-refractivity contribution in [2.24, 2.45) is 5.92 Å². The molecular formula is C19H32N4O2. The molecule has 2 amide bonds. The van der Waals surface area contributed by atoms with Crippen molar-refractivity contribution in [2.75, 3.05) is 31.1 Å². The normalized spacial score (nSPS) is 17.8. The Balaban J connectivity index is 1.65. The predicted octanol–water partition coefficient (Wildman–Crippen LogP) is 2.54. The molecule has 0 aromatic carbocycles. The van der Waals surface area contributed by atoms with Crippen LogP contribution in [0.2, 0.25) is 0 Å². The number of hydrogen-bond acceptors (Lipinski definition) is 4. The molecule has 140 valence electrons. The van der Waals surface area contributed by atoms with E-state index in [-0.39, 0.29) is 18.2 Å². The van der Waals surface area contributed by atoms with Crippen LogP contribution in [0.15, 0.2) is 24.5 Å². The molecule has 6 heteroatoms. The Kier molecular flexibility index (Phi) is 7.50. The number of aliphatic hydroxyl groups is 1. The van der Waals surface area contributed by atoms with E-state index in [9.17, 15) is 4.79 Å². The largest absolute Gasteiger partial charge is 0.396 e. The highest BCUT2D eigenvalue weighted by atomic mass is 16.3. The van der Waals surface area contributed by atoms with Gasteiger partial charge in [-0.2, -0.15) is 0 Å². The van der Waals surface area contributed by atoms with Crippen LogP contribution in [0, 0.1) is 5.92 Å². The summed E-state index contributed by atoms with van der Waals surface area (Å²) in [6, 6.07) is 3.99. The maximum atomic E-state index is 12.1. The summed E-state index contributed by atoms with van der Waals surface area (Å²) in [5.74, 6) is 0.661. The van der Waals surface area contributed by atoms with Crippen molar-refractivity contribution in [1.29, 1.82) is 0 Å². The Morgan fingerprint density at radius 1 is 1.36 bits per heavy atom. The Bertz CT molecular complexity index is 517. The summed E-state index contributed by atoms with van der Waals surface area (Å²) in [5, 5.41) is 15.1. The SMILES string of the molecule is CCC(C)(CCO)NC(=O)NCCC1CCN(c2ccncc2)CC1. The lowest BCUT2D eigenvalue weighted by atomic mass is 9.93. The molecule has 1 atom stereocenters. The zero-order valence-corrected chi connectivity index (χ0v) is 15.5. The van der Waals surface area contributed by atoms with Gasteiger partial charge in [0.05, 0.1) is 0 Å². The maximum Gasteiger partial charge on any atom is 0.315 e. The molecule has 1 unspecified atom stereocenters. The molecule has 6 nitrogen and oxygen atoms in total. The van der Waals surface area contributed by atoms with Crippen LogP contribution in [0.1, 0.15) is 46.0 Å². The van der Waals surface area contributed by atoms with Crippen molar-refractivity contribution in [3.63, 3.8) is 0 Å². The lowest BCUT2D eigenvalue weighted by molar-refractivity contribution is 0.200. The van der Waals surface area contributed by atoms with E-state index in [0.717, 1.165) is 38.8 Å².